The lowest BCUT2D eigenvalue weighted by molar-refractivity contribution is -0.138. The largest absolute Gasteiger partial charge is 0.462 e. The number of hydrogen-bond donors (Lipinski definition) is 3. The van der Waals surface area contributed by atoms with Gasteiger partial charge < -0.3 is 20.9 Å². The Bertz CT molecular complexity index is 562. The number of benzene rings is 1. The van der Waals surface area contributed by atoms with Crippen LogP contribution in [0.1, 0.15) is 12.5 Å². The molecule has 0 saturated carbocycles. The first-order valence-electron chi connectivity index (χ1n) is 6.87. The predicted molar refractivity (Wildman–Crippen MR) is 85.0 cm³/mol. The molecule has 1 aromatic rings. The van der Waals surface area contributed by atoms with Crippen molar-refractivity contribution in [2.75, 3.05) is 25.1 Å². The molecule has 0 atom stereocenters. The average molecular weight is 304 g/mol. The third-order valence-corrected chi connectivity index (χ3v) is 2.66. The maximum absolute atomic E-state index is 11.7. The van der Waals surface area contributed by atoms with Gasteiger partial charge in [0.05, 0.1) is 25.3 Å². The van der Waals surface area contributed by atoms with E-state index in [-0.39, 0.29) is 31.2 Å². The molecule has 118 valence electrons. The molecule has 0 fully saturated rings. The molecule has 0 aliphatic carbocycles. The number of aliphatic hydroxyl groups excluding tert-OH is 1. The summed E-state index contributed by atoms with van der Waals surface area (Å²) in [7, 11) is 0. The summed E-state index contributed by atoms with van der Waals surface area (Å²) >= 11 is 0. The molecule has 0 aliphatic heterocycles. The van der Waals surface area contributed by atoms with Crippen molar-refractivity contribution in [2.45, 2.75) is 6.92 Å². The standard InChI is InChI=1S/C16H20N2O4/c1-2-22-16(21)13(9-10-19)6-3-12-4-7-14(8-5-12)18-15(20)11-17/h3-9,19H,2,10-11,17H2,1H3,(H,18,20). The number of ether oxygens (including phenoxy) is 1. The van der Waals surface area contributed by atoms with E-state index in [4.69, 9.17) is 15.6 Å². The van der Waals surface area contributed by atoms with Crippen LogP contribution in [0.3, 0.4) is 0 Å². The lowest BCUT2D eigenvalue weighted by Crippen LogP contribution is -2.21. The fourth-order valence-corrected chi connectivity index (χ4v) is 1.61. The Labute approximate surface area is 129 Å². The molecule has 0 aromatic heterocycles. The fraction of sp³-hybridized carbons (Fsp3) is 0.250. The normalized spacial score (nSPS) is 11.5. The van der Waals surface area contributed by atoms with Crippen molar-refractivity contribution in [3.63, 3.8) is 0 Å². The number of hydrogen-bond acceptors (Lipinski definition) is 5. The second-order valence-corrected chi connectivity index (χ2v) is 4.27. The van der Waals surface area contributed by atoms with Crippen molar-refractivity contribution < 1.29 is 19.4 Å². The minimum absolute atomic E-state index is 0.0729. The molecule has 6 nitrogen and oxygen atoms in total. The van der Waals surface area contributed by atoms with Crippen molar-refractivity contribution in [3.8, 4) is 0 Å². The number of carbonyl (C=O) groups is 2. The van der Waals surface area contributed by atoms with Gasteiger partial charge in [-0.1, -0.05) is 18.2 Å². The van der Waals surface area contributed by atoms with Gasteiger partial charge in [-0.05, 0) is 36.8 Å². The SMILES string of the molecule is CCOC(=O)C(C=Cc1ccc(NC(=O)CN)cc1)=CCO. The van der Waals surface area contributed by atoms with Gasteiger partial charge >= 0.3 is 5.97 Å². The highest BCUT2D eigenvalue weighted by atomic mass is 16.5. The summed E-state index contributed by atoms with van der Waals surface area (Å²) in [5, 5.41) is 11.6. The van der Waals surface area contributed by atoms with E-state index in [1.807, 2.05) is 0 Å². The summed E-state index contributed by atoms with van der Waals surface area (Å²) in [6, 6.07) is 7.02. The van der Waals surface area contributed by atoms with E-state index in [0.717, 1.165) is 5.56 Å². The molecule has 0 radical (unpaired) electrons. The van der Waals surface area contributed by atoms with E-state index in [9.17, 15) is 9.59 Å². The van der Waals surface area contributed by atoms with Gasteiger partial charge in [0, 0.05) is 5.69 Å². The van der Waals surface area contributed by atoms with Gasteiger partial charge in [0.25, 0.3) is 0 Å². The first-order chi connectivity index (χ1) is 10.6. The number of anilines is 1. The van der Waals surface area contributed by atoms with Gasteiger partial charge in [-0.3, -0.25) is 4.79 Å². The van der Waals surface area contributed by atoms with Crippen LogP contribution in [0.15, 0.2) is 42.0 Å². The third-order valence-electron chi connectivity index (χ3n) is 2.66. The van der Waals surface area contributed by atoms with Crippen LogP contribution in [0.5, 0.6) is 0 Å². The number of amides is 1. The number of nitrogens with two attached hydrogens (primary N) is 1. The van der Waals surface area contributed by atoms with Gasteiger partial charge in [-0.15, -0.1) is 0 Å². The Morgan fingerprint density at radius 1 is 1.32 bits per heavy atom. The van der Waals surface area contributed by atoms with Crippen molar-refractivity contribution in [2.24, 2.45) is 5.73 Å². The monoisotopic (exact) mass is 304 g/mol. The lowest BCUT2D eigenvalue weighted by atomic mass is 10.1. The molecular formula is C16H20N2O4. The van der Waals surface area contributed by atoms with Gasteiger partial charge in [0.2, 0.25) is 5.91 Å². The van der Waals surface area contributed by atoms with Crippen LogP contribution in [-0.4, -0.2) is 36.7 Å². The second-order valence-electron chi connectivity index (χ2n) is 4.27. The molecular weight excluding hydrogens is 284 g/mol. The van der Waals surface area contributed by atoms with Crippen molar-refractivity contribution in [3.05, 3.63) is 47.6 Å². The first-order valence-corrected chi connectivity index (χ1v) is 6.87. The smallest absolute Gasteiger partial charge is 0.337 e. The highest BCUT2D eigenvalue weighted by molar-refractivity contribution is 5.93. The van der Waals surface area contributed by atoms with Crippen LogP contribution in [-0.2, 0) is 14.3 Å². The second kappa shape index (κ2) is 9.49. The molecule has 0 spiro atoms. The molecule has 4 N–H and O–H groups in total. The maximum atomic E-state index is 11.7. The predicted octanol–water partition coefficient (Wildman–Crippen LogP) is 1.08. The molecule has 1 amide bonds. The number of esters is 1. The molecule has 0 heterocycles. The minimum Gasteiger partial charge on any atom is -0.462 e. The summed E-state index contributed by atoms with van der Waals surface area (Å²) in [4.78, 5) is 22.8. The molecule has 0 saturated heterocycles. The number of nitrogens with one attached hydrogen (secondary N) is 1. The Hall–Kier alpha value is -2.44. The Balaban J connectivity index is 2.77. The Morgan fingerprint density at radius 3 is 2.55 bits per heavy atom. The summed E-state index contributed by atoms with van der Waals surface area (Å²) in [5.74, 6) is -0.751. The minimum atomic E-state index is -0.486. The molecule has 1 aromatic carbocycles. The van der Waals surface area contributed by atoms with Gasteiger partial charge in [-0.25, -0.2) is 4.79 Å². The van der Waals surface area contributed by atoms with E-state index in [1.165, 1.54) is 6.08 Å². The molecule has 1 rings (SSSR count). The van der Waals surface area contributed by atoms with Gasteiger partial charge in [0.15, 0.2) is 0 Å². The Morgan fingerprint density at radius 2 is 2.00 bits per heavy atom. The summed E-state index contributed by atoms with van der Waals surface area (Å²) in [5.41, 5.74) is 6.98. The van der Waals surface area contributed by atoms with Crippen molar-refractivity contribution >= 4 is 23.6 Å². The van der Waals surface area contributed by atoms with Crippen LogP contribution < -0.4 is 11.1 Å². The van der Waals surface area contributed by atoms with Crippen LogP contribution in [0, 0.1) is 0 Å². The molecule has 0 aliphatic rings. The van der Waals surface area contributed by atoms with E-state index >= 15 is 0 Å². The summed E-state index contributed by atoms with van der Waals surface area (Å²) in [6.45, 7) is 1.66. The Kier molecular flexibility index (Phi) is 7.60. The topological polar surface area (TPSA) is 102 Å². The maximum Gasteiger partial charge on any atom is 0.337 e. The number of rotatable bonds is 7. The summed E-state index contributed by atoms with van der Waals surface area (Å²) < 4.78 is 4.89. The zero-order valence-electron chi connectivity index (χ0n) is 12.4. The highest BCUT2D eigenvalue weighted by Gasteiger charge is 2.06. The van der Waals surface area contributed by atoms with Gasteiger partial charge in [0.1, 0.15) is 0 Å². The number of aliphatic hydroxyl groups is 1. The first kappa shape index (κ1) is 17.6. The van der Waals surface area contributed by atoms with Gasteiger partial charge in [-0.2, -0.15) is 0 Å². The average Bonchev–Trinajstić information content (AvgIpc) is 2.52. The van der Waals surface area contributed by atoms with Crippen molar-refractivity contribution in [1.29, 1.82) is 0 Å². The fourth-order valence-electron chi connectivity index (χ4n) is 1.61. The van der Waals surface area contributed by atoms with E-state index in [1.54, 1.807) is 43.3 Å². The molecule has 0 unspecified atom stereocenters. The van der Waals surface area contributed by atoms with Crippen LogP contribution >= 0.6 is 0 Å². The van der Waals surface area contributed by atoms with E-state index in [2.05, 4.69) is 5.32 Å². The third kappa shape index (κ3) is 5.90. The number of carbonyl (C=O) groups excluding carboxylic acids is 2. The molecule has 22 heavy (non-hydrogen) atoms. The van der Waals surface area contributed by atoms with E-state index < -0.39 is 5.97 Å². The zero-order chi connectivity index (χ0) is 16.4. The van der Waals surface area contributed by atoms with Crippen LogP contribution in [0.4, 0.5) is 5.69 Å². The molecule has 6 heteroatoms. The van der Waals surface area contributed by atoms with Crippen LogP contribution in [0.25, 0.3) is 6.08 Å². The zero-order valence-corrected chi connectivity index (χ0v) is 12.4. The highest BCUT2D eigenvalue weighted by Crippen LogP contribution is 2.12. The van der Waals surface area contributed by atoms with Crippen LogP contribution in [0.2, 0.25) is 0 Å². The quantitative estimate of drug-likeness (QED) is 0.397. The lowest BCUT2D eigenvalue weighted by Gasteiger charge is -2.04. The molecule has 0 bridgehead atoms. The van der Waals surface area contributed by atoms with Crippen molar-refractivity contribution in [1.82, 2.24) is 0 Å². The summed E-state index contributed by atoms with van der Waals surface area (Å²) in [6.07, 6.45) is 4.67. The van der Waals surface area contributed by atoms with E-state index in [0.29, 0.717) is 5.69 Å².